The molecule has 0 radical (unpaired) electrons. The van der Waals surface area contributed by atoms with Gasteiger partial charge in [-0.1, -0.05) is 24.6 Å². The first-order valence-electron chi connectivity index (χ1n) is 6.94. The second-order valence-electron chi connectivity index (χ2n) is 4.96. The third kappa shape index (κ3) is 2.91. The van der Waals surface area contributed by atoms with Crippen LogP contribution in [-0.4, -0.2) is 21.5 Å². The first-order chi connectivity index (χ1) is 10.2. The minimum atomic E-state index is 0.0694. The van der Waals surface area contributed by atoms with Crippen molar-refractivity contribution >= 4 is 40.3 Å². The van der Waals surface area contributed by atoms with Crippen LogP contribution in [0.3, 0.4) is 0 Å². The second kappa shape index (κ2) is 6.30. The number of thiocarbonyl (C=S) groups is 1. The molecule has 0 amide bonds. The highest BCUT2D eigenvalue weighted by Gasteiger charge is 2.39. The number of hydrogen-bond acceptors (Lipinski definition) is 3. The molecule has 110 valence electrons. The molecule has 21 heavy (non-hydrogen) atoms. The van der Waals surface area contributed by atoms with Gasteiger partial charge in [-0.2, -0.15) is 0 Å². The molecule has 1 aliphatic heterocycles. The molecule has 1 saturated heterocycles. The van der Waals surface area contributed by atoms with Gasteiger partial charge < -0.3 is 10.2 Å². The number of aromatic nitrogens is 1. The van der Waals surface area contributed by atoms with Crippen molar-refractivity contribution in [3.8, 4) is 0 Å². The van der Waals surface area contributed by atoms with E-state index in [-0.39, 0.29) is 12.1 Å². The van der Waals surface area contributed by atoms with E-state index in [2.05, 4.69) is 28.2 Å². The highest BCUT2D eigenvalue weighted by atomic mass is 35.5. The van der Waals surface area contributed by atoms with E-state index in [1.807, 2.05) is 30.5 Å². The van der Waals surface area contributed by atoms with E-state index < -0.39 is 0 Å². The van der Waals surface area contributed by atoms with Crippen LogP contribution in [0, 0.1) is 0 Å². The zero-order valence-corrected chi connectivity index (χ0v) is 14.0. The molecular formula is C15H16ClN3S2. The highest BCUT2D eigenvalue weighted by Crippen LogP contribution is 2.42. The minimum absolute atomic E-state index is 0.0694. The Balaban J connectivity index is 2.00. The summed E-state index contributed by atoms with van der Waals surface area (Å²) in [6.45, 7) is 3.09. The van der Waals surface area contributed by atoms with Crippen molar-refractivity contribution in [3.05, 3.63) is 51.4 Å². The average molecular weight is 338 g/mol. The number of hydrogen-bond donors (Lipinski definition) is 1. The first-order valence-corrected chi connectivity index (χ1v) is 8.54. The molecule has 0 saturated carbocycles. The predicted octanol–water partition coefficient (Wildman–Crippen LogP) is 4.18. The van der Waals surface area contributed by atoms with Gasteiger partial charge in [0.05, 0.1) is 22.1 Å². The van der Waals surface area contributed by atoms with Gasteiger partial charge in [0, 0.05) is 17.6 Å². The average Bonchev–Trinajstić information content (AvgIpc) is 3.05. The normalized spacial score (nSPS) is 21.6. The lowest BCUT2D eigenvalue weighted by Gasteiger charge is -2.26. The molecule has 2 aromatic heterocycles. The lowest BCUT2D eigenvalue weighted by molar-refractivity contribution is 0.322. The van der Waals surface area contributed by atoms with E-state index in [1.165, 1.54) is 4.88 Å². The zero-order valence-electron chi connectivity index (χ0n) is 11.6. The molecule has 1 N–H and O–H groups in total. The maximum Gasteiger partial charge on any atom is 0.170 e. The van der Waals surface area contributed by atoms with Crippen molar-refractivity contribution in [2.24, 2.45) is 0 Å². The van der Waals surface area contributed by atoms with E-state index in [1.54, 1.807) is 11.3 Å². The van der Waals surface area contributed by atoms with E-state index in [4.69, 9.17) is 23.8 Å². The SMILES string of the molecule is CCCN1C(=S)N[C@@H](c2ccccn2)[C@@H]1c1ccc(Cl)s1. The molecule has 3 rings (SSSR count). The monoisotopic (exact) mass is 337 g/mol. The summed E-state index contributed by atoms with van der Waals surface area (Å²) in [4.78, 5) is 7.96. The summed E-state index contributed by atoms with van der Waals surface area (Å²) in [6, 6.07) is 10.2. The Bertz CT molecular complexity index is 629. The topological polar surface area (TPSA) is 28.2 Å². The molecule has 0 aromatic carbocycles. The Hall–Kier alpha value is -1.17. The molecule has 1 aliphatic rings. The summed E-state index contributed by atoms with van der Waals surface area (Å²) in [7, 11) is 0. The predicted molar refractivity (Wildman–Crippen MR) is 91.8 cm³/mol. The van der Waals surface area contributed by atoms with Crippen molar-refractivity contribution in [1.29, 1.82) is 0 Å². The molecule has 6 heteroatoms. The van der Waals surface area contributed by atoms with Crippen molar-refractivity contribution in [2.75, 3.05) is 6.54 Å². The third-order valence-corrected chi connectivity index (χ3v) is 5.20. The molecule has 3 heterocycles. The number of pyridine rings is 1. The summed E-state index contributed by atoms with van der Waals surface area (Å²) in [5.41, 5.74) is 1.01. The van der Waals surface area contributed by atoms with Gasteiger partial charge >= 0.3 is 0 Å². The fourth-order valence-electron chi connectivity index (χ4n) is 2.68. The summed E-state index contributed by atoms with van der Waals surface area (Å²) < 4.78 is 0.805. The van der Waals surface area contributed by atoms with Crippen LogP contribution in [0.4, 0.5) is 0 Å². The van der Waals surface area contributed by atoms with Crippen LogP contribution in [0.5, 0.6) is 0 Å². The largest absolute Gasteiger partial charge is 0.352 e. The van der Waals surface area contributed by atoms with Crippen LogP contribution < -0.4 is 5.32 Å². The number of nitrogens with zero attached hydrogens (tertiary/aromatic N) is 2. The minimum Gasteiger partial charge on any atom is -0.352 e. The second-order valence-corrected chi connectivity index (χ2v) is 7.10. The Kier molecular flexibility index (Phi) is 4.42. The number of halogens is 1. The number of thiophene rings is 1. The molecule has 1 fully saturated rings. The maximum absolute atomic E-state index is 6.12. The van der Waals surface area contributed by atoms with Gasteiger partial charge in [0.15, 0.2) is 5.11 Å². The van der Waals surface area contributed by atoms with Crippen LogP contribution in [0.15, 0.2) is 36.5 Å². The molecule has 0 spiro atoms. The first kappa shape index (κ1) is 14.8. The summed E-state index contributed by atoms with van der Waals surface area (Å²) in [5, 5.41) is 4.21. The van der Waals surface area contributed by atoms with Crippen LogP contribution in [-0.2, 0) is 0 Å². The van der Waals surface area contributed by atoms with Gasteiger partial charge in [-0.25, -0.2) is 0 Å². The highest BCUT2D eigenvalue weighted by molar-refractivity contribution is 7.80. The van der Waals surface area contributed by atoms with Crippen molar-refractivity contribution < 1.29 is 0 Å². The van der Waals surface area contributed by atoms with Crippen LogP contribution in [0.25, 0.3) is 0 Å². The van der Waals surface area contributed by atoms with Crippen LogP contribution >= 0.6 is 35.2 Å². The Morgan fingerprint density at radius 1 is 1.38 bits per heavy atom. The van der Waals surface area contributed by atoms with Crippen LogP contribution in [0.2, 0.25) is 4.34 Å². The Labute approximate surface area is 139 Å². The molecule has 0 unspecified atom stereocenters. The molecule has 2 atom stereocenters. The van der Waals surface area contributed by atoms with E-state index >= 15 is 0 Å². The van der Waals surface area contributed by atoms with Crippen molar-refractivity contribution in [1.82, 2.24) is 15.2 Å². The standard InChI is InChI=1S/C15H16ClN3S2/c1-2-9-19-14(11-6-7-12(16)21-11)13(18-15(19)20)10-5-3-4-8-17-10/h3-8,13-14H,2,9H2,1H3,(H,18,20)/t13-,14-/m0/s1. The molecule has 0 aliphatic carbocycles. The summed E-state index contributed by atoms with van der Waals surface area (Å²) in [6.07, 6.45) is 2.87. The molecular weight excluding hydrogens is 322 g/mol. The van der Waals surface area contributed by atoms with Gasteiger partial charge in [0.2, 0.25) is 0 Å². The summed E-state index contributed by atoms with van der Waals surface area (Å²) >= 11 is 13.3. The third-order valence-electron chi connectivity index (χ3n) is 3.55. The van der Waals surface area contributed by atoms with Gasteiger partial charge in [0.1, 0.15) is 0 Å². The van der Waals surface area contributed by atoms with Crippen LogP contribution in [0.1, 0.15) is 36.0 Å². The fraction of sp³-hybridized carbons (Fsp3) is 0.333. The Morgan fingerprint density at radius 2 is 2.24 bits per heavy atom. The molecule has 3 nitrogen and oxygen atoms in total. The van der Waals surface area contributed by atoms with E-state index in [0.717, 1.165) is 28.1 Å². The van der Waals surface area contributed by atoms with Gasteiger partial charge in [-0.3, -0.25) is 4.98 Å². The smallest absolute Gasteiger partial charge is 0.170 e. The lowest BCUT2D eigenvalue weighted by Crippen LogP contribution is -2.29. The van der Waals surface area contributed by atoms with Crippen molar-refractivity contribution in [3.63, 3.8) is 0 Å². The molecule has 2 aromatic rings. The maximum atomic E-state index is 6.12. The lowest BCUT2D eigenvalue weighted by atomic mass is 10.0. The number of rotatable bonds is 4. The van der Waals surface area contributed by atoms with Gasteiger partial charge in [-0.05, 0) is 42.9 Å². The van der Waals surface area contributed by atoms with E-state index in [0.29, 0.717) is 0 Å². The number of nitrogens with one attached hydrogen (secondary N) is 1. The fourth-order valence-corrected chi connectivity index (χ4v) is 4.23. The zero-order chi connectivity index (χ0) is 14.8. The van der Waals surface area contributed by atoms with Gasteiger partial charge in [0.25, 0.3) is 0 Å². The van der Waals surface area contributed by atoms with Gasteiger partial charge in [-0.15, -0.1) is 11.3 Å². The quantitative estimate of drug-likeness (QED) is 0.847. The molecule has 0 bridgehead atoms. The van der Waals surface area contributed by atoms with Crippen molar-refractivity contribution in [2.45, 2.75) is 25.4 Å². The van der Waals surface area contributed by atoms with E-state index in [9.17, 15) is 0 Å². The summed E-state index contributed by atoms with van der Waals surface area (Å²) in [5.74, 6) is 0. The Morgan fingerprint density at radius 3 is 2.86 bits per heavy atom.